The summed E-state index contributed by atoms with van der Waals surface area (Å²) in [6.07, 6.45) is 0. The van der Waals surface area contributed by atoms with Crippen molar-refractivity contribution >= 4 is 36.7 Å². The van der Waals surface area contributed by atoms with E-state index in [-0.39, 0.29) is 25.0 Å². The molecule has 0 heterocycles. The van der Waals surface area contributed by atoms with Crippen LogP contribution in [0.1, 0.15) is 0 Å². The van der Waals surface area contributed by atoms with Crippen molar-refractivity contribution in [1.82, 2.24) is 0 Å². The van der Waals surface area contributed by atoms with Crippen LogP contribution in [0.4, 0.5) is 0 Å². The number of halogens is 2. The third-order valence-electron chi connectivity index (χ3n) is 1.70. The van der Waals surface area contributed by atoms with E-state index >= 15 is 0 Å². The Balaban J connectivity index is 0.000000284. The summed E-state index contributed by atoms with van der Waals surface area (Å²) in [7, 11) is 0. The Morgan fingerprint density at radius 1 is 0.647 bits per heavy atom. The van der Waals surface area contributed by atoms with Crippen LogP contribution >= 0.6 is 36.7 Å². The van der Waals surface area contributed by atoms with E-state index in [4.69, 9.17) is 33.4 Å². The SMILES string of the molecule is Oc1ccccc1Cl.Oc1ccccc1Cl.S. The molecule has 0 aliphatic heterocycles. The molecule has 2 nitrogen and oxygen atoms in total. The van der Waals surface area contributed by atoms with Crippen molar-refractivity contribution in [2.24, 2.45) is 0 Å². The molecule has 0 bridgehead atoms. The van der Waals surface area contributed by atoms with Crippen LogP contribution in [-0.2, 0) is 0 Å². The van der Waals surface area contributed by atoms with Crippen LogP contribution in [0.3, 0.4) is 0 Å². The van der Waals surface area contributed by atoms with Gasteiger partial charge in [0, 0.05) is 0 Å². The highest BCUT2D eigenvalue weighted by Gasteiger charge is 1.90. The molecule has 0 spiro atoms. The van der Waals surface area contributed by atoms with E-state index in [1.54, 1.807) is 48.5 Å². The predicted octanol–water partition coefficient (Wildman–Crippen LogP) is 4.20. The maximum absolute atomic E-state index is 8.79. The number of aromatic hydroxyl groups is 2. The summed E-state index contributed by atoms with van der Waals surface area (Å²) in [5, 5.41) is 18.4. The molecule has 2 aromatic rings. The second-order valence-electron chi connectivity index (χ2n) is 2.90. The number of rotatable bonds is 0. The van der Waals surface area contributed by atoms with Gasteiger partial charge < -0.3 is 10.2 Å². The highest BCUT2D eigenvalue weighted by Crippen LogP contribution is 2.20. The van der Waals surface area contributed by atoms with Gasteiger partial charge >= 0.3 is 0 Å². The van der Waals surface area contributed by atoms with Gasteiger partial charge in [0.05, 0.1) is 10.0 Å². The van der Waals surface area contributed by atoms with E-state index in [1.165, 1.54) is 0 Å². The molecule has 0 saturated heterocycles. The topological polar surface area (TPSA) is 40.5 Å². The van der Waals surface area contributed by atoms with Crippen LogP contribution in [-0.4, -0.2) is 10.2 Å². The first-order valence-electron chi connectivity index (χ1n) is 4.48. The molecule has 0 aromatic heterocycles. The summed E-state index contributed by atoms with van der Waals surface area (Å²) in [4.78, 5) is 0. The maximum Gasteiger partial charge on any atom is 0.134 e. The molecule has 0 fully saturated rings. The lowest BCUT2D eigenvalue weighted by atomic mass is 10.3. The maximum atomic E-state index is 8.79. The fourth-order valence-electron chi connectivity index (χ4n) is 0.903. The molecule has 0 amide bonds. The quantitative estimate of drug-likeness (QED) is 0.763. The van der Waals surface area contributed by atoms with Crippen LogP contribution in [0, 0.1) is 0 Å². The van der Waals surface area contributed by atoms with E-state index in [9.17, 15) is 0 Å². The molecular weight excluding hydrogens is 279 g/mol. The second-order valence-corrected chi connectivity index (χ2v) is 3.72. The van der Waals surface area contributed by atoms with Gasteiger partial charge in [-0.25, -0.2) is 0 Å². The van der Waals surface area contributed by atoms with Gasteiger partial charge in [-0.3, -0.25) is 0 Å². The Bertz CT molecular complexity index is 378. The summed E-state index contributed by atoms with van der Waals surface area (Å²) in [6.45, 7) is 0. The van der Waals surface area contributed by atoms with Crippen molar-refractivity contribution in [2.75, 3.05) is 0 Å². The molecule has 2 rings (SSSR count). The third kappa shape index (κ3) is 5.73. The van der Waals surface area contributed by atoms with E-state index in [0.717, 1.165) is 0 Å². The molecule has 0 aliphatic rings. The largest absolute Gasteiger partial charge is 0.506 e. The molecule has 0 unspecified atom stereocenters. The smallest absolute Gasteiger partial charge is 0.134 e. The minimum atomic E-state index is 0. The Morgan fingerprint density at radius 2 is 0.941 bits per heavy atom. The van der Waals surface area contributed by atoms with Gasteiger partial charge in [0.15, 0.2) is 0 Å². The van der Waals surface area contributed by atoms with Crippen molar-refractivity contribution in [3.05, 3.63) is 58.6 Å². The molecule has 2 N–H and O–H groups in total. The molecule has 17 heavy (non-hydrogen) atoms. The number of benzene rings is 2. The van der Waals surface area contributed by atoms with E-state index in [1.807, 2.05) is 0 Å². The summed E-state index contributed by atoms with van der Waals surface area (Å²) in [5.41, 5.74) is 0. The molecule has 2 aromatic carbocycles. The summed E-state index contributed by atoms with van der Waals surface area (Å²) >= 11 is 10.9. The highest BCUT2D eigenvalue weighted by molar-refractivity contribution is 7.59. The van der Waals surface area contributed by atoms with Gasteiger partial charge in [-0.2, -0.15) is 13.5 Å². The van der Waals surface area contributed by atoms with Crippen LogP contribution < -0.4 is 0 Å². The molecule has 5 heteroatoms. The van der Waals surface area contributed by atoms with Gasteiger partial charge in [-0.1, -0.05) is 47.5 Å². The van der Waals surface area contributed by atoms with Gasteiger partial charge in [0.2, 0.25) is 0 Å². The van der Waals surface area contributed by atoms with Crippen LogP contribution in [0.2, 0.25) is 10.0 Å². The minimum Gasteiger partial charge on any atom is -0.506 e. The molecule has 0 saturated carbocycles. The Morgan fingerprint density at radius 3 is 1.12 bits per heavy atom. The lowest BCUT2D eigenvalue weighted by Crippen LogP contribution is -1.62. The van der Waals surface area contributed by atoms with E-state index in [0.29, 0.717) is 10.0 Å². The molecule has 0 radical (unpaired) electrons. The first kappa shape index (κ1) is 16.0. The Labute approximate surface area is 117 Å². The van der Waals surface area contributed by atoms with Gasteiger partial charge in [0.25, 0.3) is 0 Å². The van der Waals surface area contributed by atoms with Crippen molar-refractivity contribution in [1.29, 1.82) is 0 Å². The second kappa shape index (κ2) is 8.12. The highest BCUT2D eigenvalue weighted by atomic mass is 35.5. The molecule has 0 atom stereocenters. The Hall–Kier alpha value is -1.03. The molecule has 92 valence electrons. The zero-order chi connectivity index (χ0) is 12.0. The van der Waals surface area contributed by atoms with Crippen molar-refractivity contribution in [2.45, 2.75) is 0 Å². The monoisotopic (exact) mass is 290 g/mol. The summed E-state index contributed by atoms with van der Waals surface area (Å²) < 4.78 is 0. The number of hydrogen-bond acceptors (Lipinski definition) is 2. The fourth-order valence-corrected chi connectivity index (χ4v) is 1.17. The normalized spacial score (nSPS) is 8.59. The zero-order valence-corrected chi connectivity index (χ0v) is 11.3. The van der Waals surface area contributed by atoms with Crippen LogP contribution in [0.5, 0.6) is 11.5 Å². The first-order chi connectivity index (χ1) is 7.61. The lowest BCUT2D eigenvalue weighted by molar-refractivity contribution is 0.475. The summed E-state index contributed by atoms with van der Waals surface area (Å²) in [5.74, 6) is 0.267. The van der Waals surface area contributed by atoms with Crippen LogP contribution in [0.25, 0.3) is 0 Å². The average molecular weight is 291 g/mol. The first-order valence-corrected chi connectivity index (χ1v) is 5.24. The van der Waals surface area contributed by atoms with Gasteiger partial charge in [0.1, 0.15) is 11.5 Å². The predicted molar refractivity (Wildman–Crippen MR) is 76.6 cm³/mol. The number of hydrogen-bond donors (Lipinski definition) is 2. The molecule has 0 aliphatic carbocycles. The van der Waals surface area contributed by atoms with Crippen molar-refractivity contribution < 1.29 is 10.2 Å². The van der Waals surface area contributed by atoms with Gasteiger partial charge in [-0.05, 0) is 24.3 Å². The van der Waals surface area contributed by atoms with Crippen molar-refractivity contribution in [3.8, 4) is 11.5 Å². The Kier molecular flexibility index (Phi) is 7.63. The lowest BCUT2D eigenvalue weighted by Gasteiger charge is -1.89. The number of para-hydroxylation sites is 2. The van der Waals surface area contributed by atoms with E-state index in [2.05, 4.69) is 0 Å². The standard InChI is InChI=1S/2C6H5ClO.H2S/c2*7-5-3-1-2-4-6(5)8;/h2*1-4,8H;1H2. The third-order valence-corrected chi connectivity index (χ3v) is 2.34. The van der Waals surface area contributed by atoms with Gasteiger partial charge in [-0.15, -0.1) is 0 Å². The molecular formula is C12H12Cl2O2S. The van der Waals surface area contributed by atoms with Crippen molar-refractivity contribution in [3.63, 3.8) is 0 Å². The van der Waals surface area contributed by atoms with Crippen LogP contribution in [0.15, 0.2) is 48.5 Å². The van der Waals surface area contributed by atoms with E-state index < -0.39 is 0 Å². The average Bonchev–Trinajstić information content (AvgIpc) is 2.28. The minimum absolute atomic E-state index is 0. The number of phenolic OH excluding ortho intramolecular Hbond substituents is 2. The number of phenols is 2. The summed E-state index contributed by atoms with van der Waals surface area (Å²) in [6, 6.07) is 13.3. The fraction of sp³-hybridized carbons (Fsp3) is 0. The zero-order valence-electron chi connectivity index (χ0n) is 8.77.